The number of methoxy groups -OCH3 is 1. The number of esters is 2. The number of para-hydroxylation sites is 1. The molecular formula is C18H21NO5. The number of nitrogens with one attached hydrogen (secondary N) is 1. The molecule has 2 bridgehead atoms. The Hall–Kier alpha value is -2.37. The monoisotopic (exact) mass is 331 g/mol. The van der Waals surface area contributed by atoms with Crippen molar-refractivity contribution in [3.8, 4) is 0 Å². The van der Waals surface area contributed by atoms with E-state index in [1.54, 1.807) is 24.3 Å². The molecule has 6 heteroatoms. The Bertz CT molecular complexity index is 741. The summed E-state index contributed by atoms with van der Waals surface area (Å²) in [5.74, 6) is -1.28. The molecule has 1 aromatic rings. The molecule has 1 saturated carbocycles. The highest BCUT2D eigenvalue weighted by Crippen LogP contribution is 2.65. The number of amides is 1. The van der Waals surface area contributed by atoms with Crippen LogP contribution in [0.15, 0.2) is 24.3 Å². The predicted molar refractivity (Wildman–Crippen MR) is 86.4 cm³/mol. The van der Waals surface area contributed by atoms with Gasteiger partial charge in [0.1, 0.15) is 0 Å². The van der Waals surface area contributed by atoms with Gasteiger partial charge in [0.15, 0.2) is 5.60 Å². The number of carbonyl (C=O) groups is 3. The molecule has 6 nitrogen and oxygen atoms in total. The van der Waals surface area contributed by atoms with E-state index in [1.165, 1.54) is 7.11 Å². The molecule has 1 aliphatic heterocycles. The summed E-state index contributed by atoms with van der Waals surface area (Å²) in [4.78, 5) is 37.2. The van der Waals surface area contributed by atoms with Gasteiger partial charge in [0, 0.05) is 5.41 Å². The third-order valence-electron chi connectivity index (χ3n) is 6.03. The SMILES string of the molecule is COC(=O)c1ccccc1NC(=O)[C@@]12CC[C@](C)(C(=O)O1)C2(C)C. The Labute approximate surface area is 140 Å². The number of carbonyl (C=O) groups excluding carboxylic acids is 3. The minimum Gasteiger partial charge on any atom is -0.465 e. The van der Waals surface area contributed by atoms with Gasteiger partial charge >= 0.3 is 11.9 Å². The number of hydrogen-bond acceptors (Lipinski definition) is 5. The minimum atomic E-state index is -1.22. The molecule has 2 aliphatic rings. The molecule has 1 heterocycles. The minimum absolute atomic E-state index is 0.257. The molecule has 128 valence electrons. The van der Waals surface area contributed by atoms with Gasteiger partial charge in [0.2, 0.25) is 0 Å². The number of anilines is 1. The fourth-order valence-corrected chi connectivity index (χ4v) is 3.85. The topological polar surface area (TPSA) is 81.7 Å². The van der Waals surface area contributed by atoms with Gasteiger partial charge < -0.3 is 14.8 Å². The third-order valence-corrected chi connectivity index (χ3v) is 6.03. The molecule has 1 aromatic carbocycles. The molecule has 1 amide bonds. The van der Waals surface area contributed by atoms with Crippen LogP contribution in [0.1, 0.15) is 44.0 Å². The summed E-state index contributed by atoms with van der Waals surface area (Å²) < 4.78 is 10.3. The molecule has 1 aliphatic carbocycles. The third kappa shape index (κ3) is 1.85. The quantitative estimate of drug-likeness (QED) is 0.861. The molecule has 0 unspecified atom stereocenters. The first-order valence-corrected chi connectivity index (χ1v) is 7.92. The van der Waals surface area contributed by atoms with E-state index >= 15 is 0 Å². The van der Waals surface area contributed by atoms with Gasteiger partial charge in [-0.3, -0.25) is 9.59 Å². The first-order chi connectivity index (χ1) is 11.2. The fraction of sp³-hybridized carbons (Fsp3) is 0.500. The normalized spacial score (nSPS) is 29.9. The van der Waals surface area contributed by atoms with Crippen molar-refractivity contribution in [1.29, 1.82) is 0 Å². The molecule has 3 rings (SSSR count). The van der Waals surface area contributed by atoms with E-state index in [4.69, 9.17) is 9.47 Å². The maximum Gasteiger partial charge on any atom is 0.339 e. The summed E-state index contributed by atoms with van der Waals surface area (Å²) in [6.45, 7) is 5.62. The molecule has 0 aromatic heterocycles. The number of fused-ring (bicyclic) bond motifs is 2. The van der Waals surface area contributed by atoms with Crippen LogP contribution in [0.2, 0.25) is 0 Å². The van der Waals surface area contributed by atoms with E-state index in [9.17, 15) is 14.4 Å². The Kier molecular flexibility index (Phi) is 3.48. The van der Waals surface area contributed by atoms with E-state index in [2.05, 4.69) is 5.32 Å². The van der Waals surface area contributed by atoms with E-state index < -0.39 is 28.3 Å². The second kappa shape index (κ2) is 5.06. The van der Waals surface area contributed by atoms with Crippen LogP contribution in [-0.4, -0.2) is 30.6 Å². The second-order valence-corrected chi connectivity index (χ2v) is 7.16. The fourth-order valence-electron chi connectivity index (χ4n) is 3.85. The van der Waals surface area contributed by atoms with Gasteiger partial charge in [-0.2, -0.15) is 0 Å². The van der Waals surface area contributed by atoms with Crippen molar-refractivity contribution in [1.82, 2.24) is 0 Å². The Morgan fingerprint density at radius 3 is 2.38 bits per heavy atom. The van der Waals surface area contributed by atoms with E-state index in [-0.39, 0.29) is 11.5 Å². The number of rotatable bonds is 3. The van der Waals surface area contributed by atoms with Gasteiger partial charge in [0.05, 0.1) is 23.8 Å². The lowest BCUT2D eigenvalue weighted by Crippen LogP contribution is -2.50. The largest absolute Gasteiger partial charge is 0.465 e. The van der Waals surface area contributed by atoms with Gasteiger partial charge in [-0.15, -0.1) is 0 Å². The van der Waals surface area contributed by atoms with Crippen molar-refractivity contribution < 1.29 is 23.9 Å². The molecule has 0 spiro atoms. The first kappa shape index (κ1) is 16.5. The van der Waals surface area contributed by atoms with Crippen LogP contribution in [-0.2, 0) is 19.1 Å². The molecule has 2 atom stereocenters. The van der Waals surface area contributed by atoms with E-state index in [0.29, 0.717) is 18.5 Å². The summed E-state index contributed by atoms with van der Waals surface area (Å²) in [5.41, 5.74) is -1.93. The number of benzene rings is 1. The smallest absolute Gasteiger partial charge is 0.339 e. The molecule has 1 N–H and O–H groups in total. The van der Waals surface area contributed by atoms with Gasteiger partial charge in [-0.25, -0.2) is 4.79 Å². The lowest BCUT2D eigenvalue weighted by molar-refractivity contribution is -0.165. The van der Waals surface area contributed by atoms with Crippen LogP contribution in [0.4, 0.5) is 5.69 Å². The van der Waals surface area contributed by atoms with Gasteiger partial charge in [-0.1, -0.05) is 26.0 Å². The van der Waals surface area contributed by atoms with Crippen LogP contribution >= 0.6 is 0 Å². The van der Waals surface area contributed by atoms with Crippen LogP contribution in [0, 0.1) is 10.8 Å². The van der Waals surface area contributed by atoms with Crippen LogP contribution < -0.4 is 5.32 Å². The second-order valence-electron chi connectivity index (χ2n) is 7.16. The van der Waals surface area contributed by atoms with Gasteiger partial charge in [0.25, 0.3) is 5.91 Å². The summed E-state index contributed by atoms with van der Waals surface area (Å²) >= 11 is 0. The summed E-state index contributed by atoms with van der Waals surface area (Å²) in [6.07, 6.45) is 1.07. The molecule has 2 fully saturated rings. The zero-order valence-corrected chi connectivity index (χ0v) is 14.3. The summed E-state index contributed by atoms with van der Waals surface area (Å²) in [5, 5.41) is 2.76. The van der Waals surface area contributed by atoms with Crippen LogP contribution in [0.5, 0.6) is 0 Å². The highest BCUT2D eigenvalue weighted by molar-refractivity contribution is 6.06. The van der Waals surface area contributed by atoms with Crippen molar-refractivity contribution >= 4 is 23.5 Å². The Morgan fingerprint density at radius 2 is 1.83 bits per heavy atom. The molecular weight excluding hydrogens is 310 g/mol. The van der Waals surface area contributed by atoms with Crippen LogP contribution in [0.25, 0.3) is 0 Å². The maximum absolute atomic E-state index is 13.0. The zero-order valence-electron chi connectivity index (χ0n) is 14.3. The van der Waals surface area contributed by atoms with Crippen molar-refractivity contribution in [3.63, 3.8) is 0 Å². The Morgan fingerprint density at radius 1 is 1.17 bits per heavy atom. The standard InChI is InChI=1S/C18H21NO5/c1-16(2)17(3)9-10-18(16,24-15(17)22)14(21)19-12-8-6-5-7-11(12)13(20)23-4/h5-8H,9-10H2,1-4H3,(H,19,21)/t17-,18-/m1/s1. The molecule has 0 radical (unpaired) electrons. The Balaban J connectivity index is 1.95. The van der Waals surface area contributed by atoms with Crippen molar-refractivity contribution in [2.75, 3.05) is 12.4 Å². The highest BCUT2D eigenvalue weighted by atomic mass is 16.6. The van der Waals surface area contributed by atoms with Crippen molar-refractivity contribution in [2.24, 2.45) is 10.8 Å². The molecule has 1 saturated heterocycles. The number of ether oxygens (including phenoxy) is 2. The zero-order chi connectivity index (χ0) is 17.8. The first-order valence-electron chi connectivity index (χ1n) is 7.92. The summed E-state index contributed by atoms with van der Waals surface area (Å²) in [7, 11) is 1.28. The van der Waals surface area contributed by atoms with Crippen LogP contribution in [0.3, 0.4) is 0 Å². The van der Waals surface area contributed by atoms with Gasteiger partial charge in [-0.05, 0) is 31.9 Å². The van der Waals surface area contributed by atoms with Crippen molar-refractivity contribution in [3.05, 3.63) is 29.8 Å². The summed E-state index contributed by atoms with van der Waals surface area (Å²) in [6, 6.07) is 6.60. The lowest BCUT2D eigenvalue weighted by atomic mass is 9.66. The average molecular weight is 331 g/mol. The number of hydrogen-bond donors (Lipinski definition) is 1. The average Bonchev–Trinajstić information content (AvgIpc) is 2.85. The predicted octanol–water partition coefficient (Wildman–Crippen LogP) is 2.53. The molecule has 24 heavy (non-hydrogen) atoms. The van der Waals surface area contributed by atoms with E-state index in [0.717, 1.165) is 0 Å². The lowest BCUT2D eigenvalue weighted by Gasteiger charge is -2.35. The maximum atomic E-state index is 13.0. The van der Waals surface area contributed by atoms with Crippen molar-refractivity contribution in [2.45, 2.75) is 39.2 Å². The highest BCUT2D eigenvalue weighted by Gasteiger charge is 2.75. The van der Waals surface area contributed by atoms with E-state index in [1.807, 2.05) is 20.8 Å².